The summed E-state index contributed by atoms with van der Waals surface area (Å²) in [6, 6.07) is 11.9. The van der Waals surface area contributed by atoms with Crippen molar-refractivity contribution < 1.29 is 14.3 Å². The Morgan fingerprint density at radius 2 is 1.90 bits per heavy atom. The van der Waals surface area contributed by atoms with E-state index in [9.17, 15) is 4.79 Å². The number of nitrogens with zero attached hydrogens (tertiary/aromatic N) is 1. The summed E-state index contributed by atoms with van der Waals surface area (Å²) in [4.78, 5) is 18.5. The van der Waals surface area contributed by atoms with E-state index in [-0.39, 0.29) is 11.9 Å². The molecular weight excluding hydrogens is 378 g/mol. The molecule has 3 aromatic rings. The van der Waals surface area contributed by atoms with Gasteiger partial charge in [0, 0.05) is 53.0 Å². The number of anilines is 1. The first-order valence-electron chi connectivity index (χ1n) is 10.4. The Kier molecular flexibility index (Phi) is 5.57. The first-order chi connectivity index (χ1) is 14.5. The lowest BCUT2D eigenvalue weighted by molar-refractivity contribution is 0.0715. The van der Waals surface area contributed by atoms with E-state index in [1.165, 1.54) is 5.56 Å². The lowest BCUT2D eigenvalue weighted by Gasteiger charge is -2.34. The van der Waals surface area contributed by atoms with Gasteiger partial charge in [-0.15, -0.1) is 0 Å². The summed E-state index contributed by atoms with van der Waals surface area (Å²) in [5, 5.41) is 4.67. The number of aryl methyl sites for hydroxylation is 2. The van der Waals surface area contributed by atoms with Gasteiger partial charge in [0.05, 0.1) is 14.2 Å². The van der Waals surface area contributed by atoms with E-state index in [4.69, 9.17) is 9.47 Å². The van der Waals surface area contributed by atoms with Crippen molar-refractivity contribution in [3.05, 3.63) is 53.2 Å². The number of nitrogens with one attached hydrogen (secondary N) is 2. The van der Waals surface area contributed by atoms with E-state index in [1.54, 1.807) is 14.2 Å². The summed E-state index contributed by atoms with van der Waals surface area (Å²) < 4.78 is 10.7. The summed E-state index contributed by atoms with van der Waals surface area (Å²) in [6.07, 6.45) is 1.99. The molecule has 1 unspecified atom stereocenters. The summed E-state index contributed by atoms with van der Waals surface area (Å²) in [5.74, 6) is 1.49. The molecule has 0 aliphatic carbocycles. The molecule has 1 amide bonds. The number of amides is 1. The smallest absolute Gasteiger partial charge is 0.253 e. The summed E-state index contributed by atoms with van der Waals surface area (Å²) >= 11 is 0. The topological polar surface area (TPSA) is 66.6 Å². The molecule has 1 fully saturated rings. The van der Waals surface area contributed by atoms with E-state index >= 15 is 0 Å². The molecule has 1 aliphatic heterocycles. The number of H-pyrrole nitrogens is 1. The molecule has 1 atom stereocenters. The van der Waals surface area contributed by atoms with E-state index in [1.807, 2.05) is 41.3 Å². The Bertz CT molecular complexity index is 1070. The van der Waals surface area contributed by atoms with Gasteiger partial charge in [-0.3, -0.25) is 4.79 Å². The Labute approximate surface area is 177 Å². The SMILES string of the molecule is COc1ccc(NC2CCCN(C(=O)c3ccc4[nH]c(C)c(C)c4c3)C2)cc1OC. The summed E-state index contributed by atoms with van der Waals surface area (Å²) in [7, 11) is 3.26. The standard InChI is InChI=1S/C24H29N3O3/c1-15-16(2)25-21-9-7-17(12-20(15)21)24(28)27-11-5-6-19(14-27)26-18-8-10-22(29-3)23(13-18)30-4/h7-10,12-13,19,25-26H,5-6,11,14H2,1-4H3. The number of hydrogen-bond donors (Lipinski definition) is 2. The van der Waals surface area contributed by atoms with Crippen molar-refractivity contribution in [1.29, 1.82) is 0 Å². The normalized spacial score (nSPS) is 16.5. The highest BCUT2D eigenvalue weighted by Crippen LogP contribution is 2.31. The molecule has 30 heavy (non-hydrogen) atoms. The second kappa shape index (κ2) is 8.30. The van der Waals surface area contributed by atoms with Crippen molar-refractivity contribution in [2.45, 2.75) is 32.7 Å². The van der Waals surface area contributed by atoms with Gasteiger partial charge in [-0.1, -0.05) is 0 Å². The zero-order valence-corrected chi connectivity index (χ0v) is 18.0. The van der Waals surface area contributed by atoms with Gasteiger partial charge < -0.3 is 24.7 Å². The molecule has 6 heteroatoms. The van der Waals surface area contributed by atoms with Gasteiger partial charge in [0.25, 0.3) is 5.91 Å². The van der Waals surface area contributed by atoms with Crippen LogP contribution in [0.2, 0.25) is 0 Å². The second-order valence-corrected chi connectivity index (χ2v) is 7.94. The van der Waals surface area contributed by atoms with Crippen LogP contribution in [0, 0.1) is 13.8 Å². The Balaban J connectivity index is 1.48. The van der Waals surface area contributed by atoms with Gasteiger partial charge in [0.15, 0.2) is 11.5 Å². The molecular formula is C24H29N3O3. The quantitative estimate of drug-likeness (QED) is 0.653. The molecule has 158 valence electrons. The molecule has 6 nitrogen and oxygen atoms in total. The minimum atomic E-state index is 0.0916. The average molecular weight is 408 g/mol. The first-order valence-corrected chi connectivity index (χ1v) is 10.4. The van der Waals surface area contributed by atoms with Crippen LogP contribution in [-0.2, 0) is 0 Å². The highest BCUT2D eigenvalue weighted by Gasteiger charge is 2.25. The van der Waals surface area contributed by atoms with Crippen LogP contribution >= 0.6 is 0 Å². The van der Waals surface area contributed by atoms with Crippen LogP contribution < -0.4 is 14.8 Å². The van der Waals surface area contributed by atoms with E-state index in [2.05, 4.69) is 24.1 Å². The molecule has 0 bridgehead atoms. The number of aromatic nitrogens is 1. The third-order valence-corrected chi connectivity index (χ3v) is 6.02. The van der Waals surface area contributed by atoms with E-state index in [0.717, 1.165) is 47.2 Å². The van der Waals surface area contributed by atoms with E-state index in [0.29, 0.717) is 18.0 Å². The van der Waals surface area contributed by atoms with Crippen LogP contribution in [0.25, 0.3) is 10.9 Å². The van der Waals surface area contributed by atoms with Crippen molar-refractivity contribution in [2.24, 2.45) is 0 Å². The molecule has 0 saturated carbocycles. The predicted molar refractivity (Wildman–Crippen MR) is 120 cm³/mol. The number of methoxy groups -OCH3 is 2. The lowest BCUT2D eigenvalue weighted by Crippen LogP contribution is -2.45. The number of rotatable bonds is 5. The second-order valence-electron chi connectivity index (χ2n) is 7.94. The average Bonchev–Trinajstić information content (AvgIpc) is 3.06. The van der Waals surface area contributed by atoms with Crippen LogP contribution in [0.3, 0.4) is 0 Å². The largest absolute Gasteiger partial charge is 0.493 e. The Hall–Kier alpha value is -3.15. The fourth-order valence-electron chi connectivity index (χ4n) is 4.22. The maximum atomic E-state index is 13.2. The van der Waals surface area contributed by atoms with Gasteiger partial charge >= 0.3 is 0 Å². The molecule has 2 N–H and O–H groups in total. The Morgan fingerprint density at radius 3 is 2.67 bits per heavy atom. The van der Waals surface area contributed by atoms with E-state index < -0.39 is 0 Å². The monoisotopic (exact) mass is 407 g/mol. The molecule has 2 heterocycles. The maximum absolute atomic E-state index is 13.2. The fraction of sp³-hybridized carbons (Fsp3) is 0.375. The molecule has 0 radical (unpaired) electrons. The van der Waals surface area contributed by atoms with Crippen molar-refractivity contribution in [3.8, 4) is 11.5 Å². The number of piperidine rings is 1. The molecule has 4 rings (SSSR count). The number of aromatic amines is 1. The van der Waals surface area contributed by atoms with Crippen molar-refractivity contribution in [1.82, 2.24) is 9.88 Å². The number of carbonyl (C=O) groups is 1. The van der Waals surface area contributed by atoms with Crippen LogP contribution in [-0.4, -0.2) is 49.1 Å². The molecule has 0 spiro atoms. The highest BCUT2D eigenvalue weighted by molar-refractivity contribution is 5.99. The van der Waals surface area contributed by atoms with Crippen LogP contribution in [0.5, 0.6) is 11.5 Å². The predicted octanol–water partition coefficient (Wildman–Crippen LogP) is 4.52. The molecule has 2 aromatic carbocycles. The molecule has 1 aromatic heterocycles. The number of ether oxygens (including phenoxy) is 2. The first kappa shape index (κ1) is 20.1. The highest BCUT2D eigenvalue weighted by atomic mass is 16.5. The fourth-order valence-corrected chi connectivity index (χ4v) is 4.22. The Morgan fingerprint density at radius 1 is 1.10 bits per heavy atom. The van der Waals surface area contributed by atoms with Gasteiger partial charge in [0.1, 0.15) is 0 Å². The number of benzene rings is 2. The number of likely N-dealkylation sites (tertiary alicyclic amines) is 1. The van der Waals surface area contributed by atoms with Crippen molar-refractivity contribution in [2.75, 3.05) is 32.6 Å². The summed E-state index contributed by atoms with van der Waals surface area (Å²) in [5.41, 5.74) is 5.13. The van der Waals surface area contributed by atoms with Crippen molar-refractivity contribution in [3.63, 3.8) is 0 Å². The number of hydrogen-bond acceptors (Lipinski definition) is 4. The van der Waals surface area contributed by atoms with Gasteiger partial charge in [-0.25, -0.2) is 0 Å². The number of fused-ring (bicyclic) bond motifs is 1. The van der Waals surface area contributed by atoms with Crippen LogP contribution in [0.1, 0.15) is 34.5 Å². The minimum absolute atomic E-state index is 0.0916. The van der Waals surface area contributed by atoms with Crippen molar-refractivity contribution >= 4 is 22.5 Å². The summed E-state index contributed by atoms with van der Waals surface area (Å²) in [6.45, 7) is 5.61. The number of carbonyl (C=O) groups excluding carboxylic acids is 1. The van der Waals surface area contributed by atoms with Crippen LogP contribution in [0.15, 0.2) is 36.4 Å². The van der Waals surface area contributed by atoms with Gasteiger partial charge in [0.2, 0.25) is 0 Å². The van der Waals surface area contributed by atoms with Gasteiger partial charge in [-0.05, 0) is 62.6 Å². The van der Waals surface area contributed by atoms with Crippen LogP contribution in [0.4, 0.5) is 5.69 Å². The third kappa shape index (κ3) is 3.82. The minimum Gasteiger partial charge on any atom is -0.493 e. The zero-order valence-electron chi connectivity index (χ0n) is 18.0. The molecule has 1 saturated heterocycles. The zero-order chi connectivity index (χ0) is 21.3. The molecule has 1 aliphatic rings. The lowest BCUT2D eigenvalue weighted by atomic mass is 10.0. The third-order valence-electron chi connectivity index (χ3n) is 6.02. The maximum Gasteiger partial charge on any atom is 0.253 e. The van der Waals surface area contributed by atoms with Gasteiger partial charge in [-0.2, -0.15) is 0 Å².